The van der Waals surface area contributed by atoms with Crippen LogP contribution < -0.4 is 10.1 Å². The number of aliphatic hydroxyl groups is 2. The van der Waals surface area contributed by atoms with E-state index >= 15 is 0 Å². The van der Waals surface area contributed by atoms with Crippen LogP contribution in [0.4, 0.5) is 0 Å². The van der Waals surface area contributed by atoms with E-state index in [1.54, 1.807) is 6.08 Å². The van der Waals surface area contributed by atoms with Gasteiger partial charge in [-0.15, -0.1) is 0 Å². The Morgan fingerprint density at radius 3 is 2.10 bits per heavy atom. The van der Waals surface area contributed by atoms with Crippen LogP contribution in [0, 0.1) is 0 Å². The first-order valence-electron chi connectivity index (χ1n) is 15.6. The van der Waals surface area contributed by atoms with Crippen molar-refractivity contribution < 1.29 is 24.5 Å². The zero-order valence-corrected chi connectivity index (χ0v) is 24.9. The lowest BCUT2D eigenvalue weighted by molar-refractivity contribution is -0.123. The fraction of sp³-hybridized carbons (Fsp3) is 0.543. The highest BCUT2D eigenvalue weighted by Crippen LogP contribution is 2.16. The first-order valence-corrected chi connectivity index (χ1v) is 15.6. The molecule has 0 saturated carbocycles. The molecule has 0 radical (unpaired) electrons. The summed E-state index contributed by atoms with van der Waals surface area (Å²) >= 11 is 0. The number of allylic oxidation sites excluding steroid dienone is 1. The number of hydrogen-bond acceptors (Lipinski definition) is 5. The highest BCUT2D eigenvalue weighted by Gasteiger charge is 2.17. The molecule has 6 heteroatoms. The Kier molecular flexibility index (Phi) is 18.2. The number of unbranched alkanes of at least 4 members (excludes halogenated alkanes) is 11. The van der Waals surface area contributed by atoms with E-state index in [9.17, 15) is 19.8 Å². The van der Waals surface area contributed by atoms with Gasteiger partial charge in [0.1, 0.15) is 5.75 Å². The van der Waals surface area contributed by atoms with Gasteiger partial charge in [-0.05, 0) is 49.9 Å². The summed E-state index contributed by atoms with van der Waals surface area (Å²) in [5.41, 5.74) is 1.35. The van der Waals surface area contributed by atoms with Crippen molar-refractivity contribution in [2.45, 2.75) is 109 Å². The minimum Gasteiger partial charge on any atom is -0.494 e. The van der Waals surface area contributed by atoms with Gasteiger partial charge < -0.3 is 20.3 Å². The van der Waals surface area contributed by atoms with Crippen LogP contribution in [-0.4, -0.2) is 47.3 Å². The number of carbonyl (C=O) groups excluding carboxylic acids is 2. The maximum atomic E-state index is 12.5. The molecular formula is C35H51NO5. The van der Waals surface area contributed by atoms with Crippen molar-refractivity contribution >= 4 is 11.7 Å². The summed E-state index contributed by atoms with van der Waals surface area (Å²) in [4.78, 5) is 24.6. The van der Waals surface area contributed by atoms with Gasteiger partial charge in [0.15, 0.2) is 5.78 Å². The summed E-state index contributed by atoms with van der Waals surface area (Å²) in [6.45, 7) is 2.56. The van der Waals surface area contributed by atoms with E-state index in [2.05, 4.69) is 12.2 Å². The van der Waals surface area contributed by atoms with Crippen molar-refractivity contribution in [1.29, 1.82) is 0 Å². The molecule has 2 atom stereocenters. The molecule has 2 aromatic rings. The molecule has 0 aliphatic heterocycles. The molecule has 0 saturated heterocycles. The first kappa shape index (κ1) is 34.2. The number of hydrogen-bond donors (Lipinski definition) is 3. The predicted molar refractivity (Wildman–Crippen MR) is 166 cm³/mol. The van der Waals surface area contributed by atoms with Crippen molar-refractivity contribution in [2.24, 2.45) is 0 Å². The molecule has 0 bridgehead atoms. The molecule has 0 spiro atoms. The van der Waals surface area contributed by atoms with Gasteiger partial charge in [-0.3, -0.25) is 9.59 Å². The third-order valence-electron chi connectivity index (χ3n) is 7.23. The van der Waals surface area contributed by atoms with Crippen LogP contribution in [0.5, 0.6) is 5.75 Å². The van der Waals surface area contributed by atoms with Gasteiger partial charge in [-0.25, -0.2) is 0 Å². The lowest BCUT2D eigenvalue weighted by atomic mass is 10.0. The summed E-state index contributed by atoms with van der Waals surface area (Å²) < 4.78 is 5.84. The molecule has 0 fully saturated rings. The monoisotopic (exact) mass is 565 g/mol. The van der Waals surface area contributed by atoms with Crippen LogP contribution in [0.3, 0.4) is 0 Å². The van der Waals surface area contributed by atoms with E-state index in [0.29, 0.717) is 24.2 Å². The standard InChI is InChI=1S/C35H51NO5/c1-2-3-4-10-17-22-34(39)36-32(28-37)33(38)21-16-11-8-6-5-7-9-12-18-27-41-31-25-23-30(24-26-31)35(40)29-19-14-13-15-20-29/h13-16,19-21,23-26,32-33,37-38H,2-12,17-18,22,27-28H2,1H3,(H,36,39)/b21-16+/t32-,33+/m0/s1. The van der Waals surface area contributed by atoms with E-state index in [1.165, 1.54) is 32.1 Å². The molecule has 3 N–H and O–H groups in total. The van der Waals surface area contributed by atoms with Crippen LogP contribution in [0.25, 0.3) is 0 Å². The highest BCUT2D eigenvalue weighted by molar-refractivity contribution is 6.08. The zero-order valence-electron chi connectivity index (χ0n) is 24.9. The smallest absolute Gasteiger partial charge is 0.220 e. The van der Waals surface area contributed by atoms with Crippen molar-refractivity contribution in [2.75, 3.05) is 13.2 Å². The van der Waals surface area contributed by atoms with E-state index < -0.39 is 12.1 Å². The molecule has 0 aromatic heterocycles. The van der Waals surface area contributed by atoms with Crippen LogP contribution >= 0.6 is 0 Å². The maximum Gasteiger partial charge on any atom is 0.220 e. The van der Waals surface area contributed by atoms with Gasteiger partial charge >= 0.3 is 0 Å². The van der Waals surface area contributed by atoms with Gasteiger partial charge in [-0.1, -0.05) is 107 Å². The van der Waals surface area contributed by atoms with Gasteiger partial charge in [0, 0.05) is 17.5 Å². The molecule has 0 aliphatic carbocycles. The molecule has 2 rings (SSSR count). The molecule has 0 heterocycles. The number of benzene rings is 2. The number of amides is 1. The van der Waals surface area contributed by atoms with Gasteiger partial charge in [0.25, 0.3) is 0 Å². The van der Waals surface area contributed by atoms with Crippen molar-refractivity contribution in [3.05, 3.63) is 77.9 Å². The number of rotatable bonds is 23. The van der Waals surface area contributed by atoms with Crippen LogP contribution in [0.2, 0.25) is 0 Å². The zero-order chi connectivity index (χ0) is 29.5. The number of carbonyl (C=O) groups is 2. The van der Waals surface area contributed by atoms with Crippen molar-refractivity contribution in [3.8, 4) is 5.75 Å². The molecule has 0 aliphatic rings. The molecule has 226 valence electrons. The third kappa shape index (κ3) is 15.0. The van der Waals surface area contributed by atoms with Crippen molar-refractivity contribution in [3.63, 3.8) is 0 Å². The highest BCUT2D eigenvalue weighted by atomic mass is 16.5. The summed E-state index contributed by atoms with van der Waals surface area (Å²) in [7, 11) is 0. The Labute approximate surface area is 247 Å². The second-order valence-electron chi connectivity index (χ2n) is 10.8. The molecule has 1 amide bonds. The Morgan fingerprint density at radius 1 is 0.805 bits per heavy atom. The summed E-state index contributed by atoms with van der Waals surface area (Å²) in [6, 6.07) is 16.0. The third-order valence-corrected chi connectivity index (χ3v) is 7.23. The molecule has 2 aromatic carbocycles. The lowest BCUT2D eigenvalue weighted by Crippen LogP contribution is -2.45. The second kappa shape index (κ2) is 21.7. The number of ether oxygens (including phenoxy) is 1. The summed E-state index contributed by atoms with van der Waals surface area (Å²) in [6.07, 6.45) is 17.4. The number of ketones is 1. The predicted octanol–water partition coefficient (Wildman–Crippen LogP) is 7.17. The Hall–Kier alpha value is -2.96. The Bertz CT molecular complexity index is 989. The molecule has 6 nitrogen and oxygen atoms in total. The number of aliphatic hydroxyl groups excluding tert-OH is 2. The van der Waals surface area contributed by atoms with Crippen molar-refractivity contribution in [1.82, 2.24) is 5.32 Å². The van der Waals surface area contributed by atoms with Gasteiger partial charge in [-0.2, -0.15) is 0 Å². The van der Waals surface area contributed by atoms with Crippen LogP contribution in [0.15, 0.2) is 66.7 Å². The second-order valence-corrected chi connectivity index (χ2v) is 10.8. The Morgan fingerprint density at radius 2 is 1.41 bits per heavy atom. The fourth-order valence-corrected chi connectivity index (χ4v) is 4.67. The average molecular weight is 566 g/mol. The SMILES string of the molecule is CCCCCCCC(=O)N[C@@H](CO)[C@H](O)/C=C/CCCCCCCCCOc1ccc(C(=O)c2ccccc2)cc1. The number of nitrogens with one attached hydrogen (secondary N) is 1. The average Bonchev–Trinajstić information content (AvgIpc) is 3.00. The minimum atomic E-state index is -0.874. The summed E-state index contributed by atoms with van der Waals surface area (Å²) in [5, 5.41) is 22.6. The van der Waals surface area contributed by atoms with E-state index in [4.69, 9.17) is 4.74 Å². The quantitative estimate of drug-likeness (QED) is 0.0754. The lowest BCUT2D eigenvalue weighted by Gasteiger charge is -2.20. The molecule has 41 heavy (non-hydrogen) atoms. The minimum absolute atomic E-state index is 0.0187. The topological polar surface area (TPSA) is 95.9 Å². The normalized spacial score (nSPS) is 12.8. The Balaban J connectivity index is 1.46. The van der Waals surface area contributed by atoms with E-state index in [-0.39, 0.29) is 18.3 Å². The largest absolute Gasteiger partial charge is 0.494 e. The van der Waals surface area contributed by atoms with E-state index in [1.807, 2.05) is 60.7 Å². The van der Waals surface area contributed by atoms with Crippen LogP contribution in [0.1, 0.15) is 113 Å². The maximum absolute atomic E-state index is 12.5. The summed E-state index contributed by atoms with van der Waals surface area (Å²) in [5.74, 6) is 0.703. The molecular weight excluding hydrogens is 514 g/mol. The molecule has 0 unspecified atom stereocenters. The van der Waals surface area contributed by atoms with Gasteiger partial charge in [0.2, 0.25) is 5.91 Å². The van der Waals surface area contributed by atoms with E-state index in [0.717, 1.165) is 57.1 Å². The van der Waals surface area contributed by atoms with Gasteiger partial charge in [0.05, 0.1) is 25.4 Å². The fourth-order valence-electron chi connectivity index (χ4n) is 4.67. The van der Waals surface area contributed by atoms with Crippen LogP contribution in [-0.2, 0) is 4.79 Å². The first-order chi connectivity index (χ1) is 20.0.